The first-order valence-corrected chi connectivity index (χ1v) is 6.39. The van der Waals surface area contributed by atoms with Gasteiger partial charge < -0.3 is 10.4 Å². The van der Waals surface area contributed by atoms with Crippen molar-refractivity contribution >= 4 is 11.9 Å². The van der Waals surface area contributed by atoms with Gasteiger partial charge in [-0.3, -0.25) is 4.79 Å². The zero-order valence-corrected chi connectivity index (χ0v) is 11.8. The van der Waals surface area contributed by atoms with Gasteiger partial charge in [-0.2, -0.15) is 0 Å². The minimum atomic E-state index is -1.15. The summed E-state index contributed by atoms with van der Waals surface area (Å²) in [6.45, 7) is 3.64. The van der Waals surface area contributed by atoms with E-state index < -0.39 is 29.6 Å². The van der Waals surface area contributed by atoms with Gasteiger partial charge in [-0.1, -0.05) is 17.7 Å². The number of aliphatic carboxylic acids is 1. The molecule has 0 aliphatic carbocycles. The Morgan fingerprint density at radius 1 is 1.29 bits per heavy atom. The van der Waals surface area contributed by atoms with Crippen molar-refractivity contribution in [3.63, 3.8) is 0 Å². The second-order valence-electron chi connectivity index (χ2n) is 4.90. The first kappa shape index (κ1) is 16.8. The summed E-state index contributed by atoms with van der Waals surface area (Å²) in [5, 5.41) is 11.4. The van der Waals surface area contributed by atoms with Gasteiger partial charge in [0.15, 0.2) is 11.6 Å². The van der Waals surface area contributed by atoms with Crippen molar-refractivity contribution in [1.82, 2.24) is 5.32 Å². The van der Waals surface area contributed by atoms with Crippen molar-refractivity contribution < 1.29 is 23.5 Å². The fourth-order valence-corrected chi connectivity index (χ4v) is 1.66. The monoisotopic (exact) mass is 297 g/mol. The summed E-state index contributed by atoms with van der Waals surface area (Å²) < 4.78 is 25.8. The molecule has 1 atom stereocenters. The van der Waals surface area contributed by atoms with E-state index in [9.17, 15) is 18.4 Å². The van der Waals surface area contributed by atoms with Crippen molar-refractivity contribution in [2.75, 3.05) is 0 Å². The number of benzene rings is 1. The molecule has 6 heteroatoms. The smallest absolute Gasteiger partial charge is 0.326 e. The molecule has 0 radical (unpaired) electrons. The second-order valence-corrected chi connectivity index (χ2v) is 4.90. The summed E-state index contributed by atoms with van der Waals surface area (Å²) in [5.41, 5.74) is 1.22. The van der Waals surface area contributed by atoms with Gasteiger partial charge in [-0.15, -0.1) is 0 Å². The van der Waals surface area contributed by atoms with Crippen molar-refractivity contribution in [2.45, 2.75) is 32.7 Å². The molecule has 2 N–H and O–H groups in total. The first-order valence-electron chi connectivity index (χ1n) is 6.39. The average molecular weight is 297 g/mol. The van der Waals surface area contributed by atoms with Crippen LogP contribution in [0.1, 0.15) is 25.8 Å². The molecule has 0 saturated carbocycles. The van der Waals surface area contributed by atoms with E-state index in [0.29, 0.717) is 0 Å². The summed E-state index contributed by atoms with van der Waals surface area (Å²) >= 11 is 0. The molecule has 0 unspecified atom stereocenters. The number of halogens is 2. The highest BCUT2D eigenvalue weighted by atomic mass is 19.2. The number of hydrogen-bond acceptors (Lipinski definition) is 2. The number of rotatable bonds is 6. The van der Waals surface area contributed by atoms with Gasteiger partial charge in [0, 0.05) is 0 Å². The molecule has 21 heavy (non-hydrogen) atoms. The van der Waals surface area contributed by atoms with Crippen LogP contribution in [0.25, 0.3) is 0 Å². The Labute approximate surface area is 121 Å². The van der Waals surface area contributed by atoms with Crippen LogP contribution in [0.4, 0.5) is 8.78 Å². The normalized spacial score (nSPS) is 11.6. The molecular weight excluding hydrogens is 280 g/mol. The molecule has 0 saturated heterocycles. The highest BCUT2D eigenvalue weighted by molar-refractivity contribution is 5.84. The van der Waals surface area contributed by atoms with Crippen LogP contribution in [0.15, 0.2) is 29.8 Å². The van der Waals surface area contributed by atoms with Crippen LogP contribution >= 0.6 is 0 Å². The SMILES string of the molecule is CC(C)=CC[C@H](NC(=O)Cc1ccc(F)c(F)c1)C(=O)O. The lowest BCUT2D eigenvalue weighted by molar-refractivity contribution is -0.141. The van der Waals surface area contributed by atoms with E-state index in [-0.39, 0.29) is 18.4 Å². The van der Waals surface area contributed by atoms with Crippen molar-refractivity contribution in [3.05, 3.63) is 47.0 Å². The number of amides is 1. The van der Waals surface area contributed by atoms with Crippen molar-refractivity contribution in [2.24, 2.45) is 0 Å². The summed E-state index contributed by atoms with van der Waals surface area (Å²) in [4.78, 5) is 22.8. The van der Waals surface area contributed by atoms with Gasteiger partial charge in [0.25, 0.3) is 0 Å². The van der Waals surface area contributed by atoms with E-state index in [0.717, 1.165) is 17.7 Å². The minimum Gasteiger partial charge on any atom is -0.480 e. The lowest BCUT2D eigenvalue weighted by Gasteiger charge is -2.13. The van der Waals surface area contributed by atoms with Gasteiger partial charge >= 0.3 is 5.97 Å². The average Bonchev–Trinajstić information content (AvgIpc) is 2.38. The lowest BCUT2D eigenvalue weighted by atomic mass is 10.1. The maximum atomic E-state index is 13.0. The highest BCUT2D eigenvalue weighted by Crippen LogP contribution is 2.09. The zero-order valence-electron chi connectivity index (χ0n) is 11.8. The molecule has 0 heterocycles. The molecule has 0 aliphatic rings. The van der Waals surface area contributed by atoms with E-state index >= 15 is 0 Å². The Bertz CT molecular complexity index is 566. The third-order valence-corrected chi connectivity index (χ3v) is 2.74. The molecule has 1 rings (SSSR count). The third-order valence-electron chi connectivity index (χ3n) is 2.74. The molecule has 0 bridgehead atoms. The highest BCUT2D eigenvalue weighted by Gasteiger charge is 2.19. The molecule has 114 valence electrons. The van der Waals surface area contributed by atoms with Gasteiger partial charge in [-0.25, -0.2) is 13.6 Å². The van der Waals surface area contributed by atoms with Gasteiger partial charge in [0.2, 0.25) is 5.91 Å². The van der Waals surface area contributed by atoms with Gasteiger partial charge in [0.05, 0.1) is 6.42 Å². The first-order chi connectivity index (χ1) is 9.79. The fourth-order valence-electron chi connectivity index (χ4n) is 1.66. The van der Waals surface area contributed by atoms with E-state index in [1.165, 1.54) is 6.07 Å². The van der Waals surface area contributed by atoms with Crippen LogP contribution in [0, 0.1) is 11.6 Å². The number of carboxylic acid groups (broad SMARTS) is 1. The zero-order chi connectivity index (χ0) is 16.0. The van der Waals surface area contributed by atoms with Crippen LogP contribution in [-0.2, 0) is 16.0 Å². The van der Waals surface area contributed by atoms with Crippen molar-refractivity contribution in [1.29, 1.82) is 0 Å². The molecule has 1 amide bonds. The molecular formula is C15H17F2NO3. The summed E-state index contributed by atoms with van der Waals surface area (Å²) in [7, 11) is 0. The number of carbonyl (C=O) groups excluding carboxylic acids is 1. The number of allylic oxidation sites excluding steroid dienone is 1. The quantitative estimate of drug-likeness (QED) is 0.793. The van der Waals surface area contributed by atoms with E-state index in [4.69, 9.17) is 5.11 Å². The molecule has 0 aliphatic heterocycles. The van der Waals surface area contributed by atoms with Crippen LogP contribution in [0.3, 0.4) is 0 Å². The standard InChI is InChI=1S/C15H17F2NO3/c1-9(2)3-6-13(15(20)21)18-14(19)8-10-4-5-11(16)12(17)7-10/h3-5,7,13H,6,8H2,1-2H3,(H,18,19)(H,20,21)/t13-/m0/s1. The predicted octanol–water partition coefficient (Wildman–Crippen LogP) is 2.43. The van der Waals surface area contributed by atoms with Crippen LogP contribution < -0.4 is 5.32 Å². The Morgan fingerprint density at radius 3 is 2.48 bits per heavy atom. The molecule has 0 aromatic heterocycles. The second kappa shape index (κ2) is 7.52. The Balaban J connectivity index is 2.67. The Kier molecular flexibility index (Phi) is 6.02. The fraction of sp³-hybridized carbons (Fsp3) is 0.333. The molecule has 0 fully saturated rings. The minimum absolute atomic E-state index is 0.168. The van der Waals surface area contributed by atoms with E-state index in [1.54, 1.807) is 6.08 Å². The largest absolute Gasteiger partial charge is 0.480 e. The number of hydrogen-bond donors (Lipinski definition) is 2. The molecule has 1 aromatic carbocycles. The van der Waals surface area contributed by atoms with Gasteiger partial charge in [-0.05, 0) is 38.0 Å². The number of nitrogens with one attached hydrogen (secondary N) is 1. The van der Waals surface area contributed by atoms with Crippen LogP contribution in [0.5, 0.6) is 0 Å². The van der Waals surface area contributed by atoms with Crippen LogP contribution in [-0.4, -0.2) is 23.0 Å². The topological polar surface area (TPSA) is 66.4 Å². The Hall–Kier alpha value is -2.24. The molecule has 1 aromatic rings. The van der Waals surface area contributed by atoms with Crippen molar-refractivity contribution in [3.8, 4) is 0 Å². The Morgan fingerprint density at radius 2 is 1.95 bits per heavy atom. The predicted molar refractivity (Wildman–Crippen MR) is 73.7 cm³/mol. The number of carboxylic acids is 1. The van der Waals surface area contributed by atoms with Crippen LogP contribution in [0.2, 0.25) is 0 Å². The van der Waals surface area contributed by atoms with E-state index in [2.05, 4.69) is 5.32 Å². The molecule has 4 nitrogen and oxygen atoms in total. The maximum absolute atomic E-state index is 13.0. The summed E-state index contributed by atoms with van der Waals surface area (Å²) in [6, 6.07) is 2.08. The molecule has 0 spiro atoms. The lowest BCUT2D eigenvalue weighted by Crippen LogP contribution is -2.41. The van der Waals surface area contributed by atoms with E-state index in [1.807, 2.05) is 13.8 Å². The summed E-state index contributed by atoms with van der Waals surface area (Å²) in [5.74, 6) is -3.74. The summed E-state index contributed by atoms with van der Waals surface area (Å²) in [6.07, 6.45) is 1.66. The maximum Gasteiger partial charge on any atom is 0.326 e. The van der Waals surface area contributed by atoms with Gasteiger partial charge in [0.1, 0.15) is 6.04 Å². The third kappa shape index (κ3) is 5.72. The number of carbonyl (C=O) groups is 2.